The Morgan fingerprint density at radius 2 is 1.96 bits per heavy atom. The fourth-order valence-corrected chi connectivity index (χ4v) is 3.06. The summed E-state index contributed by atoms with van der Waals surface area (Å²) in [6.07, 6.45) is 5.69. The molecule has 0 atom stereocenters. The van der Waals surface area contributed by atoms with Gasteiger partial charge in [-0.1, -0.05) is 30.3 Å². The van der Waals surface area contributed by atoms with Crippen LogP contribution in [-0.4, -0.2) is 30.9 Å². The second-order valence-corrected chi connectivity index (χ2v) is 6.20. The summed E-state index contributed by atoms with van der Waals surface area (Å²) in [6, 6.07) is 13.4. The number of rotatable bonds is 8. The zero-order valence-electron chi connectivity index (χ0n) is 16.0. The van der Waals surface area contributed by atoms with E-state index < -0.39 is 0 Å². The first-order valence-corrected chi connectivity index (χ1v) is 8.88. The molecule has 144 valence electrons. The first kappa shape index (κ1) is 19.2. The topological polar surface area (TPSA) is 64.9 Å². The highest BCUT2D eigenvalue weighted by atomic mass is 16.5. The monoisotopic (exact) mass is 377 g/mol. The number of amides is 1. The molecule has 1 amide bonds. The zero-order valence-corrected chi connectivity index (χ0v) is 16.0. The number of nitrogens with one attached hydrogen (secondary N) is 1. The van der Waals surface area contributed by atoms with Crippen molar-refractivity contribution in [2.45, 2.75) is 13.0 Å². The van der Waals surface area contributed by atoms with Crippen LogP contribution >= 0.6 is 0 Å². The lowest BCUT2D eigenvalue weighted by Gasteiger charge is -2.09. The molecule has 0 bridgehead atoms. The number of aromatic nitrogens is 1. The number of methoxy groups -OCH3 is 2. The highest BCUT2D eigenvalue weighted by Crippen LogP contribution is 2.27. The van der Waals surface area contributed by atoms with Crippen LogP contribution in [0, 0.1) is 0 Å². The van der Waals surface area contributed by atoms with E-state index in [0.29, 0.717) is 18.0 Å². The molecular formula is C22H23N3O3. The van der Waals surface area contributed by atoms with Crippen LogP contribution in [0.15, 0.2) is 66.4 Å². The first-order chi connectivity index (χ1) is 13.7. The van der Waals surface area contributed by atoms with Gasteiger partial charge in [0.25, 0.3) is 0 Å². The molecule has 0 unspecified atom stereocenters. The van der Waals surface area contributed by atoms with Gasteiger partial charge in [-0.05, 0) is 23.8 Å². The van der Waals surface area contributed by atoms with Crippen LogP contribution < -0.4 is 14.9 Å². The number of para-hydroxylation sites is 1. The summed E-state index contributed by atoms with van der Waals surface area (Å²) in [7, 11) is 3.14. The van der Waals surface area contributed by atoms with Crippen LogP contribution in [0.1, 0.15) is 11.1 Å². The first-order valence-electron chi connectivity index (χ1n) is 8.88. The quantitative estimate of drug-likeness (QED) is 0.371. The lowest BCUT2D eigenvalue weighted by molar-refractivity contribution is -0.120. The van der Waals surface area contributed by atoms with Gasteiger partial charge in [-0.2, -0.15) is 5.10 Å². The lowest BCUT2D eigenvalue weighted by Crippen LogP contribution is -2.19. The van der Waals surface area contributed by atoms with E-state index in [9.17, 15) is 4.79 Å². The van der Waals surface area contributed by atoms with Crippen molar-refractivity contribution in [1.29, 1.82) is 0 Å². The largest absolute Gasteiger partial charge is 0.493 e. The van der Waals surface area contributed by atoms with Crippen LogP contribution in [-0.2, 0) is 17.8 Å². The van der Waals surface area contributed by atoms with Crippen LogP contribution in [0.25, 0.3) is 10.9 Å². The summed E-state index contributed by atoms with van der Waals surface area (Å²) in [6.45, 7) is 4.50. The van der Waals surface area contributed by atoms with Gasteiger partial charge in [-0.15, -0.1) is 6.58 Å². The van der Waals surface area contributed by atoms with Crippen LogP contribution in [0.5, 0.6) is 11.5 Å². The highest BCUT2D eigenvalue weighted by Gasteiger charge is 2.09. The Labute approximate surface area is 164 Å². The Kier molecular flexibility index (Phi) is 6.11. The minimum Gasteiger partial charge on any atom is -0.493 e. The summed E-state index contributed by atoms with van der Waals surface area (Å²) in [5, 5.41) is 5.19. The predicted octanol–water partition coefficient (Wildman–Crippen LogP) is 3.54. The molecule has 1 N–H and O–H groups in total. The second-order valence-electron chi connectivity index (χ2n) is 6.20. The van der Waals surface area contributed by atoms with E-state index in [0.717, 1.165) is 22.0 Å². The number of nitrogens with zero attached hydrogens (tertiary/aromatic N) is 2. The Hall–Kier alpha value is -3.54. The molecule has 1 aromatic heterocycles. The van der Waals surface area contributed by atoms with Gasteiger partial charge in [0.1, 0.15) is 0 Å². The van der Waals surface area contributed by atoms with Gasteiger partial charge in [0, 0.05) is 29.2 Å². The molecule has 0 aliphatic rings. The van der Waals surface area contributed by atoms with Crippen molar-refractivity contribution in [3.8, 4) is 11.5 Å². The molecule has 3 aromatic rings. The molecule has 0 fully saturated rings. The van der Waals surface area contributed by atoms with E-state index in [1.54, 1.807) is 32.6 Å². The standard InChI is InChI=1S/C22H23N3O3/c1-4-11-25-15-17(18-7-5-6-8-19(18)25)14-23-24-22(26)13-16-9-10-20(27-2)21(12-16)28-3/h4-10,12,14-15H,1,11,13H2,2-3H3,(H,24,26)/b23-14-. The third kappa shape index (κ3) is 4.23. The summed E-state index contributed by atoms with van der Waals surface area (Å²) < 4.78 is 12.6. The van der Waals surface area contributed by atoms with Gasteiger partial charge >= 0.3 is 0 Å². The molecule has 0 radical (unpaired) electrons. The maximum absolute atomic E-state index is 12.2. The highest BCUT2D eigenvalue weighted by molar-refractivity contribution is 5.99. The van der Waals surface area contributed by atoms with Gasteiger partial charge in [0.2, 0.25) is 5.91 Å². The number of carbonyl (C=O) groups excluding carboxylic acids is 1. The third-order valence-electron chi connectivity index (χ3n) is 4.35. The third-order valence-corrected chi connectivity index (χ3v) is 4.35. The van der Waals surface area contributed by atoms with Crippen molar-refractivity contribution >= 4 is 23.0 Å². The number of hydrazone groups is 1. The molecule has 2 aromatic carbocycles. The van der Waals surface area contributed by atoms with Crippen molar-refractivity contribution in [1.82, 2.24) is 9.99 Å². The Morgan fingerprint density at radius 3 is 2.71 bits per heavy atom. The normalized spacial score (nSPS) is 10.9. The fraction of sp³-hybridized carbons (Fsp3) is 0.182. The van der Waals surface area contributed by atoms with E-state index in [1.165, 1.54) is 0 Å². The molecule has 28 heavy (non-hydrogen) atoms. The maximum Gasteiger partial charge on any atom is 0.244 e. The van der Waals surface area contributed by atoms with E-state index in [2.05, 4.69) is 21.7 Å². The van der Waals surface area contributed by atoms with Crippen LogP contribution in [0.2, 0.25) is 0 Å². The predicted molar refractivity (Wildman–Crippen MR) is 111 cm³/mol. The number of fused-ring (bicyclic) bond motifs is 1. The molecule has 0 aliphatic carbocycles. The molecule has 0 saturated carbocycles. The van der Waals surface area contributed by atoms with Crippen molar-refractivity contribution in [2.24, 2.45) is 5.10 Å². The minimum absolute atomic E-state index is 0.190. The smallest absolute Gasteiger partial charge is 0.244 e. The number of hydrogen-bond acceptors (Lipinski definition) is 4. The Balaban J connectivity index is 1.69. The molecule has 0 saturated heterocycles. The summed E-state index contributed by atoms with van der Waals surface area (Å²) in [4.78, 5) is 12.2. The molecule has 0 aliphatic heterocycles. The molecule has 6 heteroatoms. The summed E-state index contributed by atoms with van der Waals surface area (Å²) in [5.41, 5.74) is 5.43. The molecule has 0 spiro atoms. The van der Waals surface area contributed by atoms with Crippen molar-refractivity contribution in [2.75, 3.05) is 14.2 Å². The maximum atomic E-state index is 12.2. The van der Waals surface area contributed by atoms with E-state index >= 15 is 0 Å². The molecule has 1 heterocycles. The molecular weight excluding hydrogens is 354 g/mol. The van der Waals surface area contributed by atoms with E-state index in [1.807, 2.05) is 42.6 Å². The van der Waals surface area contributed by atoms with Gasteiger partial charge in [-0.3, -0.25) is 4.79 Å². The number of allylic oxidation sites excluding steroid dienone is 1. The van der Waals surface area contributed by atoms with E-state index in [4.69, 9.17) is 9.47 Å². The average Bonchev–Trinajstić information content (AvgIpc) is 3.06. The van der Waals surface area contributed by atoms with Crippen LogP contribution in [0.3, 0.4) is 0 Å². The van der Waals surface area contributed by atoms with Crippen molar-refractivity contribution in [3.05, 3.63) is 72.4 Å². The van der Waals surface area contributed by atoms with Gasteiger partial charge in [0.05, 0.1) is 26.9 Å². The van der Waals surface area contributed by atoms with E-state index in [-0.39, 0.29) is 12.3 Å². The number of benzene rings is 2. The molecule has 6 nitrogen and oxygen atoms in total. The molecule has 3 rings (SSSR count). The fourth-order valence-electron chi connectivity index (χ4n) is 3.06. The van der Waals surface area contributed by atoms with Gasteiger partial charge in [-0.25, -0.2) is 5.43 Å². The number of carbonyl (C=O) groups is 1. The Bertz CT molecular complexity index is 1020. The van der Waals surface area contributed by atoms with Gasteiger partial charge < -0.3 is 14.0 Å². The average molecular weight is 377 g/mol. The SMILES string of the molecule is C=CCn1cc(/C=N\NC(=O)Cc2ccc(OC)c(OC)c2)c2ccccc21. The van der Waals surface area contributed by atoms with Crippen molar-refractivity contribution in [3.63, 3.8) is 0 Å². The summed E-state index contributed by atoms with van der Waals surface area (Å²) in [5.74, 6) is 1.00. The second kappa shape index (κ2) is 8.90. The van der Waals surface area contributed by atoms with Crippen LogP contribution in [0.4, 0.5) is 0 Å². The zero-order chi connectivity index (χ0) is 19.9. The Morgan fingerprint density at radius 1 is 1.18 bits per heavy atom. The lowest BCUT2D eigenvalue weighted by atomic mass is 10.1. The van der Waals surface area contributed by atoms with Gasteiger partial charge in [0.15, 0.2) is 11.5 Å². The minimum atomic E-state index is -0.210. The van der Waals surface area contributed by atoms with Crippen molar-refractivity contribution < 1.29 is 14.3 Å². The number of ether oxygens (including phenoxy) is 2. The summed E-state index contributed by atoms with van der Waals surface area (Å²) >= 11 is 0. The number of hydrogen-bond donors (Lipinski definition) is 1.